The van der Waals surface area contributed by atoms with Crippen LogP contribution in [0.15, 0.2) is 33.5 Å². The van der Waals surface area contributed by atoms with E-state index >= 15 is 0 Å². The van der Waals surface area contributed by atoms with Crippen molar-refractivity contribution >= 4 is 22.6 Å². The van der Waals surface area contributed by atoms with Crippen molar-refractivity contribution in [3.05, 3.63) is 45.8 Å². The Morgan fingerprint density at radius 1 is 0.879 bits per heavy atom. The minimum atomic E-state index is -0.520. The summed E-state index contributed by atoms with van der Waals surface area (Å²) in [7, 11) is 7.58. The monoisotopic (exact) mass is 478 g/mol. The molecule has 0 bridgehead atoms. The van der Waals surface area contributed by atoms with Crippen LogP contribution in [0.3, 0.4) is 0 Å². The first-order valence-corrected chi connectivity index (χ1v) is 10.7. The molecule has 3 rings (SSSR count). The van der Waals surface area contributed by atoms with Gasteiger partial charge in [-0.15, -0.1) is 11.6 Å². The van der Waals surface area contributed by atoms with Crippen LogP contribution < -0.4 is 34.0 Å². The summed E-state index contributed by atoms with van der Waals surface area (Å²) < 4.78 is 38.5. The van der Waals surface area contributed by atoms with Crippen molar-refractivity contribution in [2.45, 2.75) is 19.4 Å². The Hall–Kier alpha value is -3.26. The van der Waals surface area contributed by atoms with Gasteiger partial charge in [-0.3, -0.25) is 0 Å². The summed E-state index contributed by atoms with van der Waals surface area (Å²) in [6.07, 6.45) is -0.285. The Morgan fingerprint density at radius 2 is 1.48 bits per heavy atom. The van der Waals surface area contributed by atoms with Gasteiger partial charge in [0.2, 0.25) is 11.5 Å². The maximum Gasteiger partial charge on any atom is 0.339 e. The number of benzene rings is 2. The predicted octanol–water partition coefficient (Wildman–Crippen LogP) is 4.37. The van der Waals surface area contributed by atoms with Crippen LogP contribution in [-0.2, 0) is 6.42 Å². The zero-order valence-corrected chi connectivity index (χ0v) is 20.2. The molecule has 178 valence electrons. The fourth-order valence-corrected chi connectivity index (χ4v) is 3.85. The highest BCUT2D eigenvalue weighted by Crippen LogP contribution is 2.41. The molecule has 9 heteroatoms. The summed E-state index contributed by atoms with van der Waals surface area (Å²) in [6, 6.07) is 6.94. The summed E-state index contributed by atoms with van der Waals surface area (Å²) in [5, 5.41) is 0.739. The number of alkyl halides is 1. The van der Waals surface area contributed by atoms with E-state index < -0.39 is 11.7 Å². The first-order valence-electron chi connectivity index (χ1n) is 10.1. The van der Waals surface area contributed by atoms with E-state index in [0.29, 0.717) is 45.6 Å². The van der Waals surface area contributed by atoms with Gasteiger partial charge in [0, 0.05) is 29.5 Å². The number of hydrogen-bond acceptors (Lipinski definition) is 8. The van der Waals surface area contributed by atoms with Crippen molar-refractivity contribution < 1.29 is 32.8 Å². The summed E-state index contributed by atoms with van der Waals surface area (Å²) in [6.45, 7) is 1.85. The molecule has 2 aromatic carbocycles. The SMILES string of the molecule is COc1cc(OC(CCl)Cc2c(C)c3ccc(OC)c(OC)c3oc2=O)cc(OC)c1OC. The maximum atomic E-state index is 12.9. The van der Waals surface area contributed by atoms with E-state index in [9.17, 15) is 4.79 Å². The van der Waals surface area contributed by atoms with Gasteiger partial charge in [-0.2, -0.15) is 0 Å². The normalized spacial score (nSPS) is 11.7. The second kappa shape index (κ2) is 10.6. The zero-order chi connectivity index (χ0) is 24.1. The molecule has 1 aromatic heterocycles. The van der Waals surface area contributed by atoms with Crippen LogP contribution in [0.2, 0.25) is 0 Å². The van der Waals surface area contributed by atoms with Gasteiger partial charge in [-0.1, -0.05) is 0 Å². The van der Waals surface area contributed by atoms with Crippen LogP contribution in [0.4, 0.5) is 0 Å². The van der Waals surface area contributed by atoms with E-state index in [2.05, 4.69) is 0 Å². The van der Waals surface area contributed by atoms with Crippen LogP contribution in [0, 0.1) is 6.92 Å². The van der Waals surface area contributed by atoms with Crippen molar-refractivity contribution in [2.75, 3.05) is 41.4 Å². The van der Waals surface area contributed by atoms with Crippen LogP contribution >= 0.6 is 11.6 Å². The van der Waals surface area contributed by atoms with E-state index in [1.807, 2.05) is 13.0 Å². The van der Waals surface area contributed by atoms with E-state index in [1.165, 1.54) is 35.5 Å². The lowest BCUT2D eigenvalue weighted by Crippen LogP contribution is -2.25. The number of hydrogen-bond donors (Lipinski definition) is 0. The van der Waals surface area contributed by atoms with E-state index in [0.717, 1.165) is 10.9 Å². The van der Waals surface area contributed by atoms with Gasteiger partial charge in [0.25, 0.3) is 0 Å². The average Bonchev–Trinajstić information content (AvgIpc) is 2.84. The topological polar surface area (TPSA) is 85.6 Å². The van der Waals surface area contributed by atoms with Crippen LogP contribution in [-0.4, -0.2) is 47.5 Å². The standard InChI is InChI=1S/C24H27ClO8/c1-13-16-7-8-18(27-2)23(31-6)21(16)33-24(26)17(13)9-15(12-25)32-14-10-19(28-3)22(30-5)20(11-14)29-4/h7-8,10-11,15H,9,12H2,1-6H3. The highest BCUT2D eigenvalue weighted by atomic mass is 35.5. The lowest BCUT2D eigenvalue weighted by molar-refractivity contribution is 0.220. The lowest BCUT2D eigenvalue weighted by Gasteiger charge is -2.20. The second-order valence-corrected chi connectivity index (χ2v) is 7.44. The molecule has 0 aliphatic carbocycles. The molecule has 8 nitrogen and oxygen atoms in total. The molecule has 33 heavy (non-hydrogen) atoms. The number of rotatable bonds is 10. The number of halogens is 1. The molecule has 0 radical (unpaired) electrons. The molecule has 0 N–H and O–H groups in total. The fourth-order valence-electron chi connectivity index (χ4n) is 3.67. The van der Waals surface area contributed by atoms with Gasteiger partial charge in [0.05, 0.1) is 41.4 Å². The van der Waals surface area contributed by atoms with Crippen molar-refractivity contribution in [2.24, 2.45) is 0 Å². The summed E-state index contributed by atoms with van der Waals surface area (Å²) in [4.78, 5) is 12.9. The Labute approximate surface area is 196 Å². The lowest BCUT2D eigenvalue weighted by atomic mass is 10.0. The molecule has 1 atom stereocenters. The average molecular weight is 479 g/mol. The largest absolute Gasteiger partial charge is 0.493 e. The summed E-state index contributed by atoms with van der Waals surface area (Å²) in [5.41, 5.74) is 1.06. The smallest absolute Gasteiger partial charge is 0.339 e. The molecule has 0 spiro atoms. The highest BCUT2D eigenvalue weighted by Gasteiger charge is 2.22. The van der Waals surface area contributed by atoms with E-state index in [4.69, 9.17) is 44.4 Å². The predicted molar refractivity (Wildman–Crippen MR) is 125 cm³/mol. The molecule has 0 aliphatic heterocycles. The maximum absolute atomic E-state index is 12.9. The van der Waals surface area contributed by atoms with Gasteiger partial charge in [0.15, 0.2) is 22.8 Å². The minimum Gasteiger partial charge on any atom is -0.493 e. The molecule has 1 heterocycles. The van der Waals surface area contributed by atoms with Crippen LogP contribution in [0.25, 0.3) is 11.0 Å². The number of ether oxygens (including phenoxy) is 6. The second-order valence-electron chi connectivity index (χ2n) is 7.13. The van der Waals surface area contributed by atoms with Crippen molar-refractivity contribution in [3.8, 4) is 34.5 Å². The Kier molecular flexibility index (Phi) is 7.81. The van der Waals surface area contributed by atoms with Crippen molar-refractivity contribution in [1.82, 2.24) is 0 Å². The Balaban J connectivity index is 1.98. The van der Waals surface area contributed by atoms with Crippen LogP contribution in [0.5, 0.6) is 34.5 Å². The molecule has 0 saturated heterocycles. The Morgan fingerprint density at radius 3 is 2.00 bits per heavy atom. The number of aryl methyl sites for hydroxylation is 1. The van der Waals surface area contributed by atoms with Gasteiger partial charge in [0.1, 0.15) is 11.9 Å². The molecular formula is C24H27ClO8. The molecule has 0 aliphatic rings. The van der Waals surface area contributed by atoms with Gasteiger partial charge < -0.3 is 32.8 Å². The molecule has 0 saturated carbocycles. The third kappa shape index (κ3) is 4.75. The molecule has 0 fully saturated rings. The fraction of sp³-hybridized carbons (Fsp3) is 0.375. The third-order valence-corrected chi connectivity index (χ3v) is 5.69. The molecule has 3 aromatic rings. The molecule has 1 unspecified atom stereocenters. The Bertz CT molecular complexity index is 1160. The first-order chi connectivity index (χ1) is 15.9. The molecular weight excluding hydrogens is 452 g/mol. The summed E-state index contributed by atoms with van der Waals surface area (Å²) in [5.74, 6) is 2.79. The highest BCUT2D eigenvalue weighted by molar-refractivity contribution is 6.18. The zero-order valence-electron chi connectivity index (χ0n) is 19.4. The quantitative estimate of drug-likeness (QED) is 0.313. The summed E-state index contributed by atoms with van der Waals surface area (Å²) >= 11 is 6.20. The van der Waals surface area contributed by atoms with Crippen LogP contribution in [0.1, 0.15) is 11.1 Å². The van der Waals surface area contributed by atoms with E-state index in [-0.39, 0.29) is 12.3 Å². The van der Waals surface area contributed by atoms with Crippen molar-refractivity contribution in [3.63, 3.8) is 0 Å². The first kappa shape index (κ1) is 24.4. The van der Waals surface area contributed by atoms with Gasteiger partial charge in [-0.25, -0.2) is 4.79 Å². The van der Waals surface area contributed by atoms with Crippen molar-refractivity contribution in [1.29, 1.82) is 0 Å². The number of fused-ring (bicyclic) bond motifs is 1. The van der Waals surface area contributed by atoms with Gasteiger partial charge in [-0.05, 0) is 24.6 Å². The van der Waals surface area contributed by atoms with E-state index in [1.54, 1.807) is 18.2 Å². The number of methoxy groups -OCH3 is 5. The molecule has 0 amide bonds. The van der Waals surface area contributed by atoms with Gasteiger partial charge >= 0.3 is 5.63 Å². The third-order valence-electron chi connectivity index (χ3n) is 5.34. The minimum absolute atomic E-state index is 0.138.